The van der Waals surface area contributed by atoms with Gasteiger partial charge >= 0.3 is 5.97 Å². The van der Waals surface area contributed by atoms with Crippen LogP contribution in [0.25, 0.3) is 0 Å². The van der Waals surface area contributed by atoms with Gasteiger partial charge in [-0.05, 0) is 38.0 Å². The fourth-order valence-electron chi connectivity index (χ4n) is 4.02. The molecular formula is C11H16O2. The van der Waals surface area contributed by atoms with E-state index < -0.39 is 0 Å². The van der Waals surface area contributed by atoms with E-state index in [0.29, 0.717) is 12.3 Å². The maximum atomic E-state index is 11.4. The van der Waals surface area contributed by atoms with Gasteiger partial charge in [-0.25, -0.2) is 0 Å². The zero-order valence-corrected chi connectivity index (χ0v) is 8.30. The van der Waals surface area contributed by atoms with Crippen LogP contribution in [0.2, 0.25) is 0 Å². The van der Waals surface area contributed by atoms with Gasteiger partial charge in [0.25, 0.3) is 0 Å². The van der Waals surface area contributed by atoms with E-state index in [-0.39, 0.29) is 17.0 Å². The minimum absolute atomic E-state index is 0.0293. The molecule has 0 amide bonds. The number of fused-ring (bicyclic) bond motifs is 5. The summed E-state index contributed by atoms with van der Waals surface area (Å²) < 4.78 is 5.57. The maximum absolute atomic E-state index is 11.4. The van der Waals surface area contributed by atoms with Gasteiger partial charge in [0, 0.05) is 5.41 Å². The maximum Gasteiger partial charge on any atom is 0.307 e. The third-order valence-corrected chi connectivity index (χ3v) is 5.08. The molecule has 2 bridgehead atoms. The van der Waals surface area contributed by atoms with Crippen LogP contribution in [0.15, 0.2) is 0 Å². The molecule has 72 valence electrons. The number of hydrogen-bond donors (Lipinski definition) is 0. The van der Waals surface area contributed by atoms with Gasteiger partial charge in [0.05, 0.1) is 6.42 Å². The summed E-state index contributed by atoms with van der Waals surface area (Å²) in [5, 5.41) is 0. The Morgan fingerprint density at radius 1 is 1.31 bits per heavy atom. The topological polar surface area (TPSA) is 26.3 Å². The number of carbonyl (C=O) groups excluding carboxylic acids is 1. The Labute approximate surface area is 78.6 Å². The number of carbonyl (C=O) groups is 1. The van der Waals surface area contributed by atoms with E-state index in [1.54, 1.807) is 0 Å². The molecule has 3 aliphatic rings. The molecule has 0 aromatic carbocycles. The number of hydrogen-bond acceptors (Lipinski definition) is 2. The van der Waals surface area contributed by atoms with Crippen molar-refractivity contribution in [2.24, 2.45) is 17.3 Å². The normalized spacial score (nSPS) is 58.2. The van der Waals surface area contributed by atoms with Crippen LogP contribution in [-0.2, 0) is 9.53 Å². The highest BCUT2D eigenvalue weighted by atomic mass is 16.6. The van der Waals surface area contributed by atoms with Crippen LogP contribution in [0.1, 0.15) is 39.5 Å². The predicted octanol–water partition coefficient (Wildman–Crippen LogP) is 2.13. The van der Waals surface area contributed by atoms with Crippen LogP contribution >= 0.6 is 0 Å². The first-order chi connectivity index (χ1) is 6.06. The van der Waals surface area contributed by atoms with E-state index in [1.807, 2.05) is 0 Å². The van der Waals surface area contributed by atoms with Gasteiger partial charge < -0.3 is 4.74 Å². The third kappa shape index (κ3) is 0.660. The van der Waals surface area contributed by atoms with Crippen molar-refractivity contribution in [1.29, 1.82) is 0 Å². The highest BCUT2D eigenvalue weighted by Gasteiger charge is 2.68. The highest BCUT2D eigenvalue weighted by Crippen LogP contribution is 2.67. The summed E-state index contributed by atoms with van der Waals surface area (Å²) in [6, 6.07) is 0. The van der Waals surface area contributed by atoms with E-state index in [2.05, 4.69) is 13.8 Å². The van der Waals surface area contributed by atoms with Crippen molar-refractivity contribution >= 4 is 5.97 Å². The summed E-state index contributed by atoms with van der Waals surface area (Å²) in [6.45, 7) is 4.41. The largest absolute Gasteiger partial charge is 0.458 e. The molecule has 0 unspecified atom stereocenters. The van der Waals surface area contributed by atoms with Crippen molar-refractivity contribution in [3.05, 3.63) is 0 Å². The van der Waals surface area contributed by atoms with Gasteiger partial charge in [-0.2, -0.15) is 0 Å². The first-order valence-corrected chi connectivity index (χ1v) is 5.28. The molecule has 4 atom stereocenters. The van der Waals surface area contributed by atoms with Crippen LogP contribution in [0.3, 0.4) is 0 Å². The molecule has 1 heterocycles. The minimum Gasteiger partial charge on any atom is -0.458 e. The number of ether oxygens (including phenoxy) is 1. The fraction of sp³-hybridized carbons (Fsp3) is 0.909. The Kier molecular flexibility index (Phi) is 1.17. The highest BCUT2D eigenvalue weighted by molar-refractivity contribution is 5.74. The molecule has 1 aliphatic heterocycles. The number of rotatable bonds is 0. The molecule has 13 heavy (non-hydrogen) atoms. The molecule has 2 aliphatic carbocycles. The van der Waals surface area contributed by atoms with Crippen LogP contribution in [0, 0.1) is 17.3 Å². The van der Waals surface area contributed by atoms with Crippen molar-refractivity contribution in [3.8, 4) is 0 Å². The third-order valence-electron chi connectivity index (χ3n) is 5.08. The Balaban J connectivity index is 2.10. The summed E-state index contributed by atoms with van der Waals surface area (Å²) in [4.78, 5) is 11.4. The van der Waals surface area contributed by atoms with Gasteiger partial charge in [-0.15, -0.1) is 0 Å². The first kappa shape index (κ1) is 7.84. The van der Waals surface area contributed by atoms with Crippen LogP contribution in [0.4, 0.5) is 0 Å². The van der Waals surface area contributed by atoms with Crippen molar-refractivity contribution in [2.75, 3.05) is 0 Å². The Morgan fingerprint density at radius 3 is 2.69 bits per heavy atom. The van der Waals surface area contributed by atoms with Crippen molar-refractivity contribution in [1.82, 2.24) is 0 Å². The summed E-state index contributed by atoms with van der Waals surface area (Å²) in [6.07, 6.45) is 4.53. The fourth-order valence-corrected chi connectivity index (χ4v) is 4.02. The quantitative estimate of drug-likeness (QED) is 0.534. The zero-order chi connectivity index (χ0) is 9.27. The molecule has 0 aromatic rings. The lowest BCUT2D eigenvalue weighted by atomic mass is 9.65. The zero-order valence-electron chi connectivity index (χ0n) is 8.30. The lowest BCUT2D eigenvalue weighted by molar-refractivity contribution is -0.154. The second-order valence-electron chi connectivity index (χ2n) is 5.38. The second kappa shape index (κ2) is 1.94. The van der Waals surface area contributed by atoms with Crippen LogP contribution in [0.5, 0.6) is 0 Å². The number of esters is 1. The summed E-state index contributed by atoms with van der Waals surface area (Å²) in [5.74, 6) is 1.42. The first-order valence-electron chi connectivity index (χ1n) is 5.28. The van der Waals surface area contributed by atoms with Gasteiger partial charge in [0.15, 0.2) is 0 Å². The summed E-state index contributed by atoms with van der Waals surface area (Å²) in [5.41, 5.74) is 0.0417. The molecule has 0 spiro atoms. The molecule has 3 rings (SSSR count). The Hall–Kier alpha value is -0.530. The second-order valence-corrected chi connectivity index (χ2v) is 5.38. The summed E-state index contributed by atoms with van der Waals surface area (Å²) in [7, 11) is 0. The van der Waals surface area contributed by atoms with Gasteiger partial charge in [0.2, 0.25) is 0 Å². The van der Waals surface area contributed by atoms with Crippen molar-refractivity contribution < 1.29 is 9.53 Å². The molecule has 0 N–H and O–H groups in total. The molecular weight excluding hydrogens is 164 g/mol. The average molecular weight is 180 g/mol. The Morgan fingerprint density at radius 2 is 2.00 bits per heavy atom. The van der Waals surface area contributed by atoms with Crippen molar-refractivity contribution in [2.45, 2.75) is 45.1 Å². The minimum atomic E-state index is -0.118. The predicted molar refractivity (Wildman–Crippen MR) is 48.1 cm³/mol. The van der Waals surface area contributed by atoms with Crippen molar-refractivity contribution in [3.63, 3.8) is 0 Å². The standard InChI is InChI=1S/C11H16O2/c1-10-6-9(12)13-11(10,2)8-4-3-7(10)5-8/h7-8H,3-6H2,1-2H3/t7-,8-,10+,11+/m1/s1. The molecule has 1 saturated heterocycles. The lowest BCUT2D eigenvalue weighted by Gasteiger charge is -2.41. The Bertz CT molecular complexity index is 260. The SMILES string of the molecule is C[C@@]12CC(=O)O[C@@]1(C)[C@@H]1CC[C@@H]2C1. The van der Waals surface area contributed by atoms with Gasteiger partial charge in [-0.3, -0.25) is 4.79 Å². The van der Waals surface area contributed by atoms with E-state index in [0.717, 1.165) is 5.92 Å². The molecule has 2 saturated carbocycles. The molecule has 3 fully saturated rings. The monoisotopic (exact) mass is 180 g/mol. The smallest absolute Gasteiger partial charge is 0.307 e. The average Bonchev–Trinajstić information content (AvgIpc) is 2.59. The van der Waals surface area contributed by atoms with Gasteiger partial charge in [-0.1, -0.05) is 6.92 Å². The van der Waals surface area contributed by atoms with E-state index in [4.69, 9.17) is 4.74 Å². The van der Waals surface area contributed by atoms with Crippen LogP contribution in [-0.4, -0.2) is 11.6 Å². The van der Waals surface area contributed by atoms with Gasteiger partial charge in [0.1, 0.15) is 5.60 Å². The van der Waals surface area contributed by atoms with Crippen LogP contribution < -0.4 is 0 Å². The lowest BCUT2D eigenvalue weighted by Crippen LogP contribution is -2.45. The van der Waals surface area contributed by atoms with E-state index in [9.17, 15) is 4.79 Å². The summed E-state index contributed by atoms with van der Waals surface area (Å²) >= 11 is 0. The molecule has 2 heteroatoms. The molecule has 0 radical (unpaired) electrons. The van der Waals surface area contributed by atoms with E-state index >= 15 is 0 Å². The van der Waals surface area contributed by atoms with E-state index in [1.165, 1.54) is 19.3 Å². The molecule has 2 nitrogen and oxygen atoms in total. The molecule has 0 aromatic heterocycles.